The van der Waals surface area contributed by atoms with Crippen molar-refractivity contribution in [2.24, 2.45) is 0 Å². The summed E-state index contributed by atoms with van der Waals surface area (Å²) in [5, 5.41) is 2.94. The van der Waals surface area contributed by atoms with Gasteiger partial charge in [0.25, 0.3) is 15.9 Å². The zero-order valence-electron chi connectivity index (χ0n) is 18.6. The van der Waals surface area contributed by atoms with Gasteiger partial charge in [-0.1, -0.05) is 0 Å². The van der Waals surface area contributed by atoms with E-state index in [0.717, 1.165) is 44.2 Å². The summed E-state index contributed by atoms with van der Waals surface area (Å²) in [5.41, 5.74) is 1.04. The van der Waals surface area contributed by atoms with Gasteiger partial charge in [-0.15, -0.1) is 11.8 Å². The van der Waals surface area contributed by atoms with Crippen LogP contribution in [-0.2, 0) is 14.8 Å². The van der Waals surface area contributed by atoms with E-state index >= 15 is 0 Å². The molecule has 0 saturated carbocycles. The highest BCUT2D eigenvalue weighted by molar-refractivity contribution is 7.98. The van der Waals surface area contributed by atoms with Gasteiger partial charge in [0.05, 0.1) is 23.8 Å². The Hall–Kier alpha value is -2.07. The number of hydrogen-bond acceptors (Lipinski definition) is 6. The fourth-order valence-corrected chi connectivity index (χ4v) is 5.46. The third-order valence-corrected chi connectivity index (χ3v) is 8.05. The third-order valence-electron chi connectivity index (χ3n) is 5.39. The van der Waals surface area contributed by atoms with E-state index < -0.39 is 10.0 Å². The molecule has 0 radical (unpaired) electrons. The Morgan fingerprint density at radius 3 is 2.34 bits per heavy atom. The fourth-order valence-electron chi connectivity index (χ4n) is 3.58. The molecule has 0 aliphatic carbocycles. The van der Waals surface area contributed by atoms with Crippen LogP contribution in [0.5, 0.6) is 0 Å². The first-order valence-corrected chi connectivity index (χ1v) is 13.5. The van der Waals surface area contributed by atoms with Crippen LogP contribution in [-0.4, -0.2) is 71.4 Å². The zero-order valence-corrected chi connectivity index (χ0v) is 20.3. The van der Waals surface area contributed by atoms with E-state index in [1.807, 2.05) is 6.26 Å². The summed E-state index contributed by atoms with van der Waals surface area (Å²) in [6, 6.07) is 13.6. The molecular weight excluding hydrogens is 446 g/mol. The standard InChI is InChI=1S/C23H31N3O4S2/c1-3-26(32(28,29)22-11-9-21(31-2)10-12-22)20-7-5-19(6-8-20)23(27)24-13-4-14-25-15-17-30-18-16-25/h5-12H,3-4,13-18H2,1-2H3,(H,24,27). The molecule has 0 atom stereocenters. The minimum absolute atomic E-state index is 0.155. The Bertz CT molecular complexity index is 973. The highest BCUT2D eigenvalue weighted by atomic mass is 32.2. The van der Waals surface area contributed by atoms with E-state index in [1.165, 1.54) is 4.31 Å². The van der Waals surface area contributed by atoms with Crippen molar-refractivity contribution in [3.63, 3.8) is 0 Å². The second-order valence-corrected chi connectivity index (χ2v) is 10.2. The molecule has 1 fully saturated rings. The highest BCUT2D eigenvalue weighted by Gasteiger charge is 2.23. The Morgan fingerprint density at radius 2 is 1.75 bits per heavy atom. The number of morpholine rings is 1. The molecule has 3 rings (SSSR count). The van der Waals surface area contributed by atoms with Crippen molar-refractivity contribution in [2.75, 3.05) is 56.5 Å². The number of sulfonamides is 1. The number of nitrogens with one attached hydrogen (secondary N) is 1. The summed E-state index contributed by atoms with van der Waals surface area (Å²) >= 11 is 1.56. The van der Waals surface area contributed by atoms with Crippen molar-refractivity contribution in [3.8, 4) is 0 Å². The van der Waals surface area contributed by atoms with Crippen molar-refractivity contribution in [1.82, 2.24) is 10.2 Å². The summed E-state index contributed by atoms with van der Waals surface area (Å²) in [6.45, 7) is 7.03. The van der Waals surface area contributed by atoms with E-state index in [4.69, 9.17) is 4.74 Å². The lowest BCUT2D eigenvalue weighted by Gasteiger charge is -2.26. The maximum Gasteiger partial charge on any atom is 0.264 e. The molecule has 0 bridgehead atoms. The van der Waals surface area contributed by atoms with E-state index in [9.17, 15) is 13.2 Å². The highest BCUT2D eigenvalue weighted by Crippen LogP contribution is 2.25. The number of nitrogens with zero attached hydrogens (tertiary/aromatic N) is 2. The minimum atomic E-state index is -3.68. The van der Waals surface area contributed by atoms with E-state index in [-0.39, 0.29) is 10.8 Å². The van der Waals surface area contributed by atoms with Gasteiger partial charge < -0.3 is 10.1 Å². The van der Waals surface area contributed by atoms with Crippen LogP contribution < -0.4 is 9.62 Å². The van der Waals surface area contributed by atoms with Crippen LogP contribution in [0.1, 0.15) is 23.7 Å². The summed E-state index contributed by atoms with van der Waals surface area (Å²) in [6.07, 6.45) is 2.82. The molecule has 1 aliphatic heterocycles. The molecule has 0 unspecified atom stereocenters. The molecule has 7 nitrogen and oxygen atoms in total. The number of carbonyl (C=O) groups is 1. The molecule has 1 N–H and O–H groups in total. The lowest BCUT2D eigenvalue weighted by molar-refractivity contribution is 0.0374. The molecule has 1 heterocycles. The quantitative estimate of drug-likeness (QED) is 0.419. The first-order valence-electron chi connectivity index (χ1n) is 10.8. The molecule has 32 heavy (non-hydrogen) atoms. The lowest BCUT2D eigenvalue weighted by Crippen LogP contribution is -2.38. The van der Waals surface area contributed by atoms with Crippen LogP contribution in [0.2, 0.25) is 0 Å². The van der Waals surface area contributed by atoms with Gasteiger partial charge in [-0.05, 0) is 74.7 Å². The van der Waals surface area contributed by atoms with Crippen LogP contribution in [0, 0.1) is 0 Å². The first-order chi connectivity index (χ1) is 15.5. The smallest absolute Gasteiger partial charge is 0.264 e. The Balaban J connectivity index is 1.59. The topological polar surface area (TPSA) is 79.0 Å². The number of thioether (sulfide) groups is 1. The molecule has 1 amide bonds. The molecule has 9 heteroatoms. The number of benzene rings is 2. The van der Waals surface area contributed by atoms with E-state index in [1.54, 1.807) is 67.2 Å². The predicted molar refractivity (Wildman–Crippen MR) is 129 cm³/mol. The maximum absolute atomic E-state index is 13.1. The molecular formula is C23H31N3O4S2. The van der Waals surface area contributed by atoms with Gasteiger partial charge in [0.1, 0.15) is 0 Å². The molecule has 174 valence electrons. The number of rotatable bonds is 10. The van der Waals surface area contributed by atoms with Crippen LogP contribution in [0.25, 0.3) is 0 Å². The number of hydrogen-bond donors (Lipinski definition) is 1. The molecule has 1 saturated heterocycles. The van der Waals surface area contributed by atoms with Crippen molar-refractivity contribution in [1.29, 1.82) is 0 Å². The van der Waals surface area contributed by atoms with Crippen molar-refractivity contribution < 1.29 is 17.9 Å². The van der Waals surface area contributed by atoms with Gasteiger partial charge in [0.2, 0.25) is 0 Å². The largest absolute Gasteiger partial charge is 0.379 e. The average molecular weight is 478 g/mol. The normalized spacial score (nSPS) is 14.8. The van der Waals surface area contributed by atoms with Crippen LogP contribution in [0.3, 0.4) is 0 Å². The summed E-state index contributed by atoms with van der Waals surface area (Å²) < 4.78 is 32.9. The minimum Gasteiger partial charge on any atom is -0.379 e. The summed E-state index contributed by atoms with van der Waals surface area (Å²) in [7, 11) is -3.68. The summed E-state index contributed by atoms with van der Waals surface area (Å²) in [5.74, 6) is -0.155. The first kappa shape index (κ1) is 24.6. The number of ether oxygens (including phenoxy) is 1. The van der Waals surface area contributed by atoms with Gasteiger partial charge in [-0.25, -0.2) is 8.42 Å². The van der Waals surface area contributed by atoms with Crippen LogP contribution >= 0.6 is 11.8 Å². The monoisotopic (exact) mass is 477 g/mol. The number of anilines is 1. The van der Waals surface area contributed by atoms with Gasteiger partial charge in [-0.2, -0.15) is 0 Å². The van der Waals surface area contributed by atoms with Gasteiger partial charge in [-0.3, -0.25) is 14.0 Å². The third kappa shape index (κ3) is 6.25. The number of amides is 1. The lowest BCUT2D eigenvalue weighted by atomic mass is 10.2. The zero-order chi connectivity index (χ0) is 23.0. The second kappa shape index (κ2) is 11.7. The molecule has 0 aromatic heterocycles. The Kier molecular flexibility index (Phi) is 8.98. The Labute approximate surface area is 195 Å². The van der Waals surface area contributed by atoms with Gasteiger partial charge in [0.15, 0.2) is 0 Å². The summed E-state index contributed by atoms with van der Waals surface area (Å²) in [4.78, 5) is 16.0. The fraction of sp³-hybridized carbons (Fsp3) is 0.435. The predicted octanol–water partition coefficient (Wildman–Crippen LogP) is 3.08. The average Bonchev–Trinajstić information content (AvgIpc) is 2.83. The van der Waals surface area contributed by atoms with Crippen molar-refractivity contribution in [3.05, 3.63) is 54.1 Å². The SMILES string of the molecule is CCN(c1ccc(C(=O)NCCCN2CCOCC2)cc1)S(=O)(=O)c1ccc(SC)cc1. The van der Waals surface area contributed by atoms with Crippen LogP contribution in [0.4, 0.5) is 5.69 Å². The van der Waals surface area contributed by atoms with Crippen molar-refractivity contribution in [2.45, 2.75) is 23.1 Å². The second-order valence-electron chi connectivity index (χ2n) is 7.46. The van der Waals surface area contributed by atoms with E-state index in [0.29, 0.717) is 24.3 Å². The number of carbonyl (C=O) groups excluding carboxylic acids is 1. The van der Waals surface area contributed by atoms with Gasteiger partial charge >= 0.3 is 0 Å². The molecule has 0 spiro atoms. The molecule has 2 aromatic carbocycles. The van der Waals surface area contributed by atoms with E-state index in [2.05, 4.69) is 10.2 Å². The van der Waals surface area contributed by atoms with Crippen molar-refractivity contribution >= 4 is 33.4 Å². The van der Waals surface area contributed by atoms with Gasteiger partial charge in [0, 0.05) is 36.6 Å². The Morgan fingerprint density at radius 1 is 1.09 bits per heavy atom. The molecule has 1 aliphatic rings. The maximum atomic E-state index is 13.1. The van der Waals surface area contributed by atoms with Crippen LogP contribution in [0.15, 0.2) is 58.3 Å². The molecule has 2 aromatic rings.